The predicted octanol–water partition coefficient (Wildman–Crippen LogP) is 2.47. The Hall–Kier alpha value is -3.52. The van der Waals surface area contributed by atoms with E-state index in [-0.39, 0.29) is 0 Å². The van der Waals surface area contributed by atoms with Crippen molar-refractivity contribution in [3.05, 3.63) is 59.7 Å². The number of carboxylic acids is 1. The fraction of sp³-hybridized carbons (Fsp3) is 0.333. The fourth-order valence-corrected chi connectivity index (χ4v) is 4.67. The third kappa shape index (κ3) is 3.36. The van der Waals surface area contributed by atoms with E-state index in [0.717, 1.165) is 16.9 Å². The lowest BCUT2D eigenvalue weighted by molar-refractivity contribution is -0.147. The molecule has 0 aliphatic carbocycles. The number of aliphatic carboxylic acids is 1. The number of hydrogen-bond acceptors (Lipinski definition) is 6. The Morgan fingerprint density at radius 2 is 1.69 bits per heavy atom. The molecule has 0 spiro atoms. The molecule has 32 heavy (non-hydrogen) atoms. The van der Waals surface area contributed by atoms with Gasteiger partial charge in [0, 0.05) is 13.0 Å². The molecule has 4 atom stereocenters. The van der Waals surface area contributed by atoms with Crippen LogP contribution in [0, 0.1) is 11.8 Å². The highest BCUT2D eigenvalue weighted by Gasteiger charge is 2.66. The maximum atomic E-state index is 13.5. The maximum absolute atomic E-state index is 13.5. The van der Waals surface area contributed by atoms with Gasteiger partial charge in [-0.25, -0.2) is 4.90 Å². The molecule has 0 bridgehead atoms. The second kappa shape index (κ2) is 7.87. The van der Waals surface area contributed by atoms with Crippen molar-refractivity contribution in [3.8, 4) is 5.75 Å². The van der Waals surface area contributed by atoms with Crippen LogP contribution in [0.2, 0.25) is 0 Å². The minimum Gasteiger partial charge on any atom is -0.480 e. The molecule has 0 radical (unpaired) electrons. The van der Waals surface area contributed by atoms with E-state index in [4.69, 9.17) is 4.74 Å². The number of nitrogens with one attached hydrogen (secondary N) is 1. The van der Waals surface area contributed by atoms with Crippen LogP contribution in [0.25, 0.3) is 0 Å². The lowest BCUT2D eigenvalue weighted by atomic mass is 9.80. The number of nitrogens with zero attached hydrogens (tertiary/aromatic N) is 1. The highest BCUT2D eigenvalue weighted by Crippen LogP contribution is 2.49. The van der Waals surface area contributed by atoms with Crippen LogP contribution in [0.15, 0.2) is 48.5 Å². The molecular formula is C24H24N2O6. The summed E-state index contributed by atoms with van der Waals surface area (Å²) in [6.45, 7) is 4.74. The molecular weight excluding hydrogens is 412 g/mol. The third-order valence-corrected chi connectivity index (χ3v) is 6.34. The Morgan fingerprint density at radius 1 is 1.06 bits per heavy atom. The van der Waals surface area contributed by atoms with E-state index < -0.39 is 47.2 Å². The molecule has 2 N–H and O–H groups in total. The molecule has 2 aliphatic heterocycles. The van der Waals surface area contributed by atoms with Crippen LogP contribution in [-0.2, 0) is 25.6 Å². The van der Waals surface area contributed by atoms with Gasteiger partial charge in [-0.15, -0.1) is 0 Å². The van der Waals surface area contributed by atoms with Crippen LogP contribution in [0.4, 0.5) is 5.69 Å². The number of carboxylic acid groups (broad SMARTS) is 1. The van der Waals surface area contributed by atoms with Gasteiger partial charge < -0.3 is 9.84 Å². The number of rotatable bonds is 5. The van der Waals surface area contributed by atoms with E-state index in [9.17, 15) is 24.3 Å². The minimum absolute atomic E-state index is 0.336. The summed E-state index contributed by atoms with van der Waals surface area (Å²) >= 11 is 0. The van der Waals surface area contributed by atoms with Crippen molar-refractivity contribution in [1.29, 1.82) is 0 Å². The molecule has 8 heteroatoms. The van der Waals surface area contributed by atoms with Gasteiger partial charge in [-0.05, 0) is 48.7 Å². The molecule has 2 amide bonds. The molecule has 0 saturated carbocycles. The van der Waals surface area contributed by atoms with Gasteiger partial charge in [-0.2, -0.15) is 0 Å². The highest BCUT2D eigenvalue weighted by atomic mass is 16.5. The summed E-state index contributed by atoms with van der Waals surface area (Å²) in [6.07, 6.45) is 0.819. The number of aryl methyl sites for hydroxylation is 1. The first kappa shape index (κ1) is 21.7. The lowest BCUT2D eigenvalue weighted by Crippen LogP contribution is -2.53. The van der Waals surface area contributed by atoms with E-state index in [1.165, 1.54) is 13.8 Å². The Kier molecular flexibility index (Phi) is 5.34. The second-order valence-electron chi connectivity index (χ2n) is 8.33. The number of anilines is 1. The Bertz CT molecular complexity index is 1090. The van der Waals surface area contributed by atoms with Crippen LogP contribution in [0.5, 0.6) is 5.75 Å². The number of hydrogen-bond donors (Lipinski definition) is 2. The summed E-state index contributed by atoms with van der Waals surface area (Å²) in [5.74, 6) is -4.22. The molecule has 0 aromatic heterocycles. The van der Waals surface area contributed by atoms with Crippen molar-refractivity contribution in [1.82, 2.24) is 5.32 Å². The van der Waals surface area contributed by atoms with E-state index in [1.54, 1.807) is 36.4 Å². The van der Waals surface area contributed by atoms with Crippen molar-refractivity contribution in [2.24, 2.45) is 11.8 Å². The van der Waals surface area contributed by atoms with Gasteiger partial charge in [-0.3, -0.25) is 24.5 Å². The summed E-state index contributed by atoms with van der Waals surface area (Å²) < 4.78 is 5.05. The lowest BCUT2D eigenvalue weighted by Gasteiger charge is -2.27. The van der Waals surface area contributed by atoms with E-state index >= 15 is 0 Å². The zero-order chi connectivity index (χ0) is 23.2. The van der Waals surface area contributed by atoms with Crippen LogP contribution < -0.4 is 15.0 Å². The largest absolute Gasteiger partial charge is 0.480 e. The quantitative estimate of drug-likeness (QED) is 0.421. The molecule has 4 unspecified atom stereocenters. The molecule has 2 saturated heterocycles. The average Bonchev–Trinajstić information content (AvgIpc) is 3.22. The maximum Gasteiger partial charge on any atom is 0.324 e. The minimum atomic E-state index is -1.62. The first-order valence-corrected chi connectivity index (χ1v) is 10.4. The summed E-state index contributed by atoms with van der Waals surface area (Å²) in [6, 6.07) is 12.9. The number of esters is 1. The number of carbonyl (C=O) groups is 4. The molecule has 2 fully saturated rings. The topological polar surface area (TPSA) is 113 Å². The number of imide groups is 1. The smallest absolute Gasteiger partial charge is 0.324 e. The van der Waals surface area contributed by atoms with Gasteiger partial charge in [-0.1, -0.05) is 31.2 Å². The molecule has 166 valence electrons. The number of benzene rings is 2. The molecule has 4 rings (SSSR count). The van der Waals surface area contributed by atoms with E-state index in [0.29, 0.717) is 17.0 Å². The van der Waals surface area contributed by atoms with Gasteiger partial charge in [0.2, 0.25) is 11.8 Å². The van der Waals surface area contributed by atoms with E-state index in [2.05, 4.69) is 5.32 Å². The first-order valence-electron chi connectivity index (χ1n) is 10.4. The van der Waals surface area contributed by atoms with Crippen LogP contribution in [0.1, 0.15) is 37.9 Å². The molecule has 2 aliphatic rings. The predicted molar refractivity (Wildman–Crippen MR) is 115 cm³/mol. The van der Waals surface area contributed by atoms with Gasteiger partial charge in [0.25, 0.3) is 0 Å². The Balaban J connectivity index is 1.73. The van der Waals surface area contributed by atoms with Crippen LogP contribution in [-0.4, -0.2) is 34.4 Å². The molecule has 2 heterocycles. The highest BCUT2D eigenvalue weighted by molar-refractivity contribution is 6.24. The zero-order valence-corrected chi connectivity index (χ0v) is 18.0. The number of carbonyl (C=O) groups excluding carboxylic acids is 3. The van der Waals surface area contributed by atoms with Crippen molar-refractivity contribution in [3.63, 3.8) is 0 Å². The summed E-state index contributed by atoms with van der Waals surface area (Å²) in [7, 11) is 0. The van der Waals surface area contributed by atoms with Gasteiger partial charge in [0.15, 0.2) is 0 Å². The average molecular weight is 436 g/mol. The van der Waals surface area contributed by atoms with Crippen molar-refractivity contribution < 1.29 is 29.0 Å². The fourth-order valence-electron chi connectivity index (χ4n) is 4.67. The van der Waals surface area contributed by atoms with Crippen molar-refractivity contribution in [2.45, 2.75) is 38.8 Å². The second-order valence-corrected chi connectivity index (χ2v) is 8.33. The Morgan fingerprint density at radius 3 is 2.22 bits per heavy atom. The molecule has 8 nitrogen and oxygen atoms in total. The zero-order valence-electron chi connectivity index (χ0n) is 18.0. The van der Waals surface area contributed by atoms with Crippen molar-refractivity contribution >= 4 is 29.4 Å². The third-order valence-electron chi connectivity index (χ3n) is 6.34. The number of amides is 2. The summed E-state index contributed by atoms with van der Waals surface area (Å²) in [4.78, 5) is 51.3. The normalized spacial score (nSPS) is 26.8. The summed E-state index contributed by atoms with van der Waals surface area (Å²) in [5.41, 5.74) is 0.513. The van der Waals surface area contributed by atoms with Crippen LogP contribution in [0.3, 0.4) is 0 Å². The first-order chi connectivity index (χ1) is 15.2. The SMILES string of the molecule is CCc1ccc(N2C(=O)C3C(c4ccc(OC(C)=O)cc4)NC(C)(C(=O)O)C3C2=O)cc1. The van der Waals surface area contributed by atoms with Crippen molar-refractivity contribution in [2.75, 3.05) is 4.90 Å². The van der Waals surface area contributed by atoms with Gasteiger partial charge in [0.05, 0.1) is 17.5 Å². The number of fused-ring (bicyclic) bond motifs is 1. The number of ether oxygens (including phenoxy) is 1. The summed E-state index contributed by atoms with van der Waals surface area (Å²) in [5, 5.41) is 13.0. The molecule has 2 aromatic rings. The van der Waals surface area contributed by atoms with Gasteiger partial charge in [0.1, 0.15) is 11.3 Å². The molecule has 2 aromatic carbocycles. The van der Waals surface area contributed by atoms with Crippen LogP contribution >= 0.6 is 0 Å². The monoisotopic (exact) mass is 436 g/mol. The Labute approximate surface area is 185 Å². The van der Waals surface area contributed by atoms with E-state index in [1.807, 2.05) is 19.1 Å². The standard InChI is InChI=1S/C24H24N2O6/c1-4-14-5-9-16(10-6-14)26-21(28)18-19(22(26)29)24(3,23(30)31)25-20(18)15-7-11-17(12-8-15)32-13(2)27/h5-12,18-20,25H,4H2,1-3H3,(H,30,31). The van der Waals surface area contributed by atoms with Gasteiger partial charge >= 0.3 is 11.9 Å².